The second-order valence-corrected chi connectivity index (χ2v) is 7.21. The highest BCUT2D eigenvalue weighted by molar-refractivity contribution is 5.73. The maximum absolute atomic E-state index is 10.1. The first-order valence-electron chi connectivity index (χ1n) is 11.0. The molecular weight excluding hydrogens is 452 g/mol. The van der Waals surface area contributed by atoms with E-state index in [1.54, 1.807) is 0 Å². The SMILES string of the molecule is CC(=O)O.NCCCC[C@H](N)C(=O)O.NCCCC[C@H](N)C(=O)O.NCCCC[C@H](N)C(=O)O. The fourth-order valence-electron chi connectivity index (χ4n) is 1.90. The minimum absolute atomic E-state index is 0.520. The van der Waals surface area contributed by atoms with Crippen molar-refractivity contribution in [1.82, 2.24) is 0 Å². The van der Waals surface area contributed by atoms with Crippen LogP contribution in [0.4, 0.5) is 0 Å². The predicted molar refractivity (Wildman–Crippen MR) is 129 cm³/mol. The number of carboxylic acid groups (broad SMARTS) is 4. The summed E-state index contributed by atoms with van der Waals surface area (Å²) < 4.78 is 0. The Balaban J connectivity index is -0.000000184. The van der Waals surface area contributed by atoms with E-state index in [1.165, 1.54) is 0 Å². The van der Waals surface area contributed by atoms with E-state index in [0.29, 0.717) is 38.9 Å². The lowest BCUT2D eigenvalue weighted by molar-refractivity contribution is -0.139. The van der Waals surface area contributed by atoms with Crippen LogP contribution in [-0.4, -0.2) is 82.1 Å². The summed E-state index contributed by atoms with van der Waals surface area (Å²) in [6.45, 7) is 2.89. The fourth-order valence-corrected chi connectivity index (χ4v) is 1.90. The molecule has 0 fully saturated rings. The topological polar surface area (TPSA) is 305 Å². The lowest BCUT2D eigenvalue weighted by atomic mass is 10.1. The number of carbonyl (C=O) groups is 4. The molecule has 0 aromatic rings. The van der Waals surface area contributed by atoms with E-state index in [-0.39, 0.29) is 0 Å². The quantitative estimate of drug-likeness (QED) is 0.117. The second-order valence-electron chi connectivity index (χ2n) is 7.21. The van der Waals surface area contributed by atoms with Crippen LogP contribution in [-0.2, 0) is 19.2 Å². The van der Waals surface area contributed by atoms with E-state index in [0.717, 1.165) is 45.4 Å². The van der Waals surface area contributed by atoms with E-state index in [1.807, 2.05) is 0 Å². The van der Waals surface area contributed by atoms with Gasteiger partial charge in [-0.25, -0.2) is 0 Å². The fraction of sp³-hybridized carbons (Fsp3) is 0.800. The van der Waals surface area contributed by atoms with Gasteiger partial charge in [0.15, 0.2) is 0 Å². The molecule has 0 aromatic carbocycles. The number of rotatable bonds is 15. The van der Waals surface area contributed by atoms with Crippen molar-refractivity contribution in [3.05, 3.63) is 0 Å². The lowest BCUT2D eigenvalue weighted by Gasteiger charge is -2.03. The van der Waals surface area contributed by atoms with E-state index in [9.17, 15) is 14.4 Å². The summed E-state index contributed by atoms with van der Waals surface area (Å²) in [4.78, 5) is 39.4. The van der Waals surface area contributed by atoms with Gasteiger partial charge in [-0.1, -0.05) is 19.3 Å². The normalized spacial score (nSPS) is 12.2. The molecule has 16 N–H and O–H groups in total. The van der Waals surface area contributed by atoms with Gasteiger partial charge in [0.1, 0.15) is 18.1 Å². The third-order valence-electron chi connectivity index (χ3n) is 3.86. The van der Waals surface area contributed by atoms with Crippen molar-refractivity contribution in [2.75, 3.05) is 19.6 Å². The van der Waals surface area contributed by atoms with Gasteiger partial charge >= 0.3 is 17.9 Å². The van der Waals surface area contributed by atoms with Crippen molar-refractivity contribution in [2.45, 2.75) is 82.8 Å². The van der Waals surface area contributed by atoms with E-state index >= 15 is 0 Å². The molecule has 0 saturated carbocycles. The number of aliphatic carboxylic acids is 4. The van der Waals surface area contributed by atoms with Crippen molar-refractivity contribution < 1.29 is 39.6 Å². The average Bonchev–Trinajstić information content (AvgIpc) is 2.74. The van der Waals surface area contributed by atoms with Crippen LogP contribution in [0.5, 0.6) is 0 Å². The van der Waals surface area contributed by atoms with Crippen LogP contribution in [0.15, 0.2) is 0 Å². The summed E-state index contributed by atoms with van der Waals surface area (Å²) in [7, 11) is 0. The summed E-state index contributed by atoms with van der Waals surface area (Å²) in [6, 6.07) is -2.15. The van der Waals surface area contributed by atoms with Gasteiger partial charge < -0.3 is 54.8 Å². The molecule has 0 spiro atoms. The Bertz CT molecular complexity index is 459. The molecule has 0 aliphatic rings. The molecular formula is C20H46N6O8. The molecule has 34 heavy (non-hydrogen) atoms. The summed E-state index contributed by atoms with van der Waals surface area (Å²) in [5.74, 6) is -3.63. The molecule has 14 heteroatoms. The highest BCUT2D eigenvalue weighted by Gasteiger charge is 2.10. The maximum Gasteiger partial charge on any atom is 0.320 e. The van der Waals surface area contributed by atoms with Crippen molar-refractivity contribution in [3.63, 3.8) is 0 Å². The monoisotopic (exact) mass is 498 g/mol. The Morgan fingerprint density at radius 2 is 0.706 bits per heavy atom. The van der Waals surface area contributed by atoms with Crippen LogP contribution in [0.25, 0.3) is 0 Å². The molecule has 0 rings (SSSR count). The Morgan fingerprint density at radius 3 is 0.824 bits per heavy atom. The van der Waals surface area contributed by atoms with Gasteiger partial charge in [-0.05, 0) is 58.2 Å². The van der Waals surface area contributed by atoms with Gasteiger partial charge in [-0.2, -0.15) is 0 Å². The molecule has 3 atom stereocenters. The molecule has 0 radical (unpaired) electrons. The highest BCUT2D eigenvalue weighted by Crippen LogP contribution is 1.98. The van der Waals surface area contributed by atoms with Crippen molar-refractivity contribution in [3.8, 4) is 0 Å². The van der Waals surface area contributed by atoms with Crippen molar-refractivity contribution >= 4 is 23.9 Å². The van der Waals surface area contributed by atoms with Crippen LogP contribution in [0.1, 0.15) is 64.7 Å². The maximum atomic E-state index is 10.1. The molecule has 0 aromatic heterocycles. The molecule has 0 aliphatic carbocycles. The molecule has 0 aliphatic heterocycles. The molecule has 0 saturated heterocycles. The Hall–Kier alpha value is -2.36. The third kappa shape index (κ3) is 40.0. The molecule has 0 bridgehead atoms. The molecule has 0 unspecified atom stereocenters. The summed E-state index contributed by atoms with van der Waals surface area (Å²) >= 11 is 0. The average molecular weight is 499 g/mol. The van der Waals surface area contributed by atoms with Crippen LogP contribution in [0.2, 0.25) is 0 Å². The van der Waals surface area contributed by atoms with E-state index < -0.39 is 42.0 Å². The first-order chi connectivity index (χ1) is 15.8. The summed E-state index contributed by atoms with van der Waals surface area (Å²) in [6.07, 6.45) is 6.49. The van der Waals surface area contributed by atoms with Gasteiger partial charge in [-0.15, -0.1) is 0 Å². The molecule has 14 nitrogen and oxygen atoms in total. The Labute approximate surface area is 201 Å². The minimum atomic E-state index is -0.933. The predicted octanol–water partition coefficient (Wildman–Crippen LogP) is -1.33. The lowest BCUT2D eigenvalue weighted by Crippen LogP contribution is -2.29. The first kappa shape index (κ1) is 38.9. The molecule has 0 heterocycles. The first-order valence-corrected chi connectivity index (χ1v) is 11.0. The van der Waals surface area contributed by atoms with Crippen LogP contribution < -0.4 is 34.4 Å². The summed E-state index contributed by atoms with van der Waals surface area (Å²) in [5.41, 5.74) is 31.3. The van der Waals surface area contributed by atoms with E-state index in [2.05, 4.69) is 0 Å². The number of unbranched alkanes of at least 4 members (excludes halogenated alkanes) is 3. The van der Waals surface area contributed by atoms with Crippen molar-refractivity contribution in [2.24, 2.45) is 34.4 Å². The summed E-state index contributed by atoms with van der Waals surface area (Å²) in [5, 5.41) is 32.4. The minimum Gasteiger partial charge on any atom is -0.481 e. The number of hydrogen-bond acceptors (Lipinski definition) is 10. The number of carboxylic acids is 4. The third-order valence-corrected chi connectivity index (χ3v) is 3.86. The van der Waals surface area contributed by atoms with Crippen LogP contribution in [0.3, 0.4) is 0 Å². The number of nitrogens with two attached hydrogens (primary N) is 6. The van der Waals surface area contributed by atoms with Gasteiger partial charge in [0.05, 0.1) is 0 Å². The van der Waals surface area contributed by atoms with Crippen molar-refractivity contribution in [1.29, 1.82) is 0 Å². The van der Waals surface area contributed by atoms with Gasteiger partial charge in [0.2, 0.25) is 0 Å². The zero-order valence-electron chi connectivity index (χ0n) is 20.1. The zero-order chi connectivity index (χ0) is 27.5. The highest BCUT2D eigenvalue weighted by atomic mass is 16.4. The second kappa shape index (κ2) is 28.7. The smallest absolute Gasteiger partial charge is 0.320 e. The number of hydrogen-bond donors (Lipinski definition) is 10. The molecule has 204 valence electrons. The van der Waals surface area contributed by atoms with Crippen LogP contribution >= 0.6 is 0 Å². The standard InChI is InChI=1S/3C6H14N2O2.C2H4O2/c3*7-4-2-1-3-5(8)6(9)10;1-2(3)4/h3*5H,1-4,7-8H2,(H,9,10);1H3,(H,3,4)/t3*5-;/m000./s1. The largest absolute Gasteiger partial charge is 0.481 e. The van der Waals surface area contributed by atoms with Gasteiger partial charge in [-0.3, -0.25) is 19.2 Å². The van der Waals surface area contributed by atoms with Gasteiger partial charge in [0, 0.05) is 6.92 Å². The Kier molecular flexibility index (Phi) is 32.8. The van der Waals surface area contributed by atoms with Gasteiger partial charge in [0.25, 0.3) is 5.97 Å². The zero-order valence-corrected chi connectivity index (χ0v) is 20.1. The molecule has 0 amide bonds. The van der Waals surface area contributed by atoms with E-state index in [4.69, 9.17) is 59.6 Å². The van der Waals surface area contributed by atoms with Crippen LogP contribution in [0, 0.1) is 0 Å². The Morgan fingerprint density at radius 1 is 0.529 bits per heavy atom.